The molecule has 0 atom stereocenters. The Morgan fingerprint density at radius 1 is 1.21 bits per heavy atom. The van der Waals surface area contributed by atoms with E-state index in [-0.39, 0.29) is 18.3 Å². The highest BCUT2D eigenvalue weighted by Gasteiger charge is 2.08. The zero-order chi connectivity index (χ0) is 17.5. The van der Waals surface area contributed by atoms with E-state index in [1.54, 1.807) is 31.3 Å². The summed E-state index contributed by atoms with van der Waals surface area (Å²) in [5.41, 5.74) is 0.806. The maximum absolute atomic E-state index is 12.1. The molecule has 2 aromatic rings. The SMILES string of the molecule is CNC(=O)COc1ccc(/C=C/C(=O)c2ccc(C)s2)cc1OC. The van der Waals surface area contributed by atoms with Gasteiger partial charge in [-0.1, -0.05) is 12.1 Å². The number of thiophene rings is 1. The fourth-order valence-corrected chi connectivity index (χ4v) is 2.73. The van der Waals surface area contributed by atoms with E-state index < -0.39 is 0 Å². The number of ether oxygens (including phenoxy) is 2. The normalized spacial score (nSPS) is 10.6. The number of carbonyl (C=O) groups excluding carboxylic acids is 2. The summed E-state index contributed by atoms with van der Waals surface area (Å²) < 4.78 is 10.7. The van der Waals surface area contributed by atoms with Crippen molar-refractivity contribution in [1.29, 1.82) is 0 Å². The highest BCUT2D eigenvalue weighted by Crippen LogP contribution is 2.28. The van der Waals surface area contributed by atoms with Crippen LogP contribution in [0.1, 0.15) is 20.1 Å². The number of aryl methyl sites for hydroxylation is 1. The maximum atomic E-state index is 12.1. The van der Waals surface area contributed by atoms with Crippen molar-refractivity contribution in [1.82, 2.24) is 5.32 Å². The van der Waals surface area contributed by atoms with Crippen LogP contribution in [0, 0.1) is 6.92 Å². The fraction of sp³-hybridized carbons (Fsp3) is 0.222. The number of hydrogen-bond donors (Lipinski definition) is 1. The van der Waals surface area contributed by atoms with Crippen LogP contribution in [0.4, 0.5) is 0 Å². The first-order valence-corrected chi connectivity index (χ1v) is 8.15. The van der Waals surface area contributed by atoms with Crippen molar-refractivity contribution in [2.24, 2.45) is 0 Å². The van der Waals surface area contributed by atoms with Crippen molar-refractivity contribution in [2.75, 3.05) is 20.8 Å². The standard InChI is InChI=1S/C18H19NO4S/c1-12-4-9-17(24-12)14(20)7-5-13-6-8-15(16(10-13)22-3)23-11-18(21)19-2/h4-10H,11H2,1-3H3,(H,19,21)/b7-5+. The van der Waals surface area contributed by atoms with Crippen LogP contribution in [-0.4, -0.2) is 32.5 Å². The summed E-state index contributed by atoms with van der Waals surface area (Å²) in [4.78, 5) is 25.1. The average molecular weight is 345 g/mol. The molecule has 0 aliphatic rings. The van der Waals surface area contributed by atoms with Gasteiger partial charge in [0.05, 0.1) is 12.0 Å². The molecule has 0 bridgehead atoms. The van der Waals surface area contributed by atoms with Gasteiger partial charge in [0.15, 0.2) is 23.9 Å². The molecule has 1 amide bonds. The lowest BCUT2D eigenvalue weighted by molar-refractivity contribution is -0.122. The van der Waals surface area contributed by atoms with Gasteiger partial charge in [-0.05, 0) is 42.8 Å². The van der Waals surface area contributed by atoms with Gasteiger partial charge in [-0.25, -0.2) is 0 Å². The van der Waals surface area contributed by atoms with E-state index in [0.717, 1.165) is 10.4 Å². The average Bonchev–Trinajstić information content (AvgIpc) is 3.04. The van der Waals surface area contributed by atoms with Crippen molar-refractivity contribution in [3.63, 3.8) is 0 Å². The molecule has 0 unspecified atom stereocenters. The van der Waals surface area contributed by atoms with E-state index >= 15 is 0 Å². The van der Waals surface area contributed by atoms with Crippen molar-refractivity contribution < 1.29 is 19.1 Å². The van der Waals surface area contributed by atoms with Crippen LogP contribution in [0.5, 0.6) is 11.5 Å². The first-order chi connectivity index (χ1) is 11.5. The third-order valence-corrected chi connectivity index (χ3v) is 4.25. The van der Waals surface area contributed by atoms with Gasteiger partial charge in [0.1, 0.15) is 0 Å². The minimum absolute atomic E-state index is 0.0352. The van der Waals surface area contributed by atoms with E-state index in [2.05, 4.69) is 5.32 Å². The summed E-state index contributed by atoms with van der Waals surface area (Å²) in [6.07, 6.45) is 3.26. The first kappa shape index (κ1) is 17.7. The monoisotopic (exact) mass is 345 g/mol. The summed E-state index contributed by atoms with van der Waals surface area (Å²) in [6.45, 7) is 1.88. The zero-order valence-corrected chi connectivity index (χ0v) is 14.6. The number of allylic oxidation sites excluding steroid dienone is 1. The molecule has 0 saturated carbocycles. The van der Waals surface area contributed by atoms with E-state index in [4.69, 9.17) is 9.47 Å². The number of carbonyl (C=O) groups is 2. The topological polar surface area (TPSA) is 64.6 Å². The predicted octanol–water partition coefficient (Wildman–Crippen LogP) is 3.09. The molecule has 0 fully saturated rings. The van der Waals surface area contributed by atoms with E-state index in [0.29, 0.717) is 16.4 Å². The number of hydrogen-bond acceptors (Lipinski definition) is 5. The van der Waals surface area contributed by atoms with Crippen molar-refractivity contribution in [2.45, 2.75) is 6.92 Å². The highest BCUT2D eigenvalue weighted by atomic mass is 32.1. The van der Waals surface area contributed by atoms with Crippen LogP contribution >= 0.6 is 11.3 Å². The lowest BCUT2D eigenvalue weighted by Crippen LogP contribution is -2.24. The summed E-state index contributed by atoms with van der Waals surface area (Å²) in [7, 11) is 3.07. The van der Waals surface area contributed by atoms with Crippen molar-refractivity contribution >= 4 is 29.1 Å². The molecule has 0 aliphatic carbocycles. The molecule has 24 heavy (non-hydrogen) atoms. The number of ketones is 1. The number of amides is 1. The Hall–Kier alpha value is -2.60. The van der Waals surface area contributed by atoms with Crippen LogP contribution in [0.3, 0.4) is 0 Å². The van der Waals surface area contributed by atoms with Gasteiger partial charge in [-0.15, -0.1) is 11.3 Å². The Labute approximate surface area is 144 Å². The molecule has 5 nitrogen and oxygen atoms in total. The van der Waals surface area contributed by atoms with Gasteiger partial charge in [0.2, 0.25) is 0 Å². The lowest BCUT2D eigenvalue weighted by Gasteiger charge is -2.10. The fourth-order valence-electron chi connectivity index (χ4n) is 1.94. The molecule has 6 heteroatoms. The molecule has 0 saturated heterocycles. The van der Waals surface area contributed by atoms with Crippen LogP contribution in [0.2, 0.25) is 0 Å². The van der Waals surface area contributed by atoms with E-state index in [9.17, 15) is 9.59 Å². The van der Waals surface area contributed by atoms with Crippen molar-refractivity contribution in [3.8, 4) is 11.5 Å². The predicted molar refractivity (Wildman–Crippen MR) is 95.0 cm³/mol. The van der Waals surface area contributed by atoms with Crippen LogP contribution in [0.25, 0.3) is 6.08 Å². The first-order valence-electron chi connectivity index (χ1n) is 7.33. The Bertz CT molecular complexity index is 764. The highest BCUT2D eigenvalue weighted by molar-refractivity contribution is 7.14. The molecule has 1 aromatic heterocycles. The van der Waals surface area contributed by atoms with Crippen LogP contribution in [-0.2, 0) is 4.79 Å². The largest absolute Gasteiger partial charge is 0.493 e. The van der Waals surface area contributed by atoms with E-state index in [1.807, 2.05) is 19.1 Å². The number of nitrogens with one attached hydrogen (secondary N) is 1. The smallest absolute Gasteiger partial charge is 0.257 e. The zero-order valence-electron chi connectivity index (χ0n) is 13.8. The Morgan fingerprint density at radius 2 is 2.00 bits per heavy atom. The minimum atomic E-state index is -0.224. The van der Waals surface area contributed by atoms with Gasteiger partial charge in [-0.3, -0.25) is 9.59 Å². The van der Waals surface area contributed by atoms with Crippen LogP contribution < -0.4 is 14.8 Å². The second-order valence-corrected chi connectivity index (χ2v) is 6.27. The number of rotatable bonds is 7. The quantitative estimate of drug-likeness (QED) is 0.619. The summed E-state index contributed by atoms with van der Waals surface area (Å²) in [5, 5.41) is 2.48. The number of benzene rings is 1. The second kappa shape index (κ2) is 8.31. The molecule has 0 radical (unpaired) electrons. The summed E-state index contributed by atoms with van der Waals surface area (Å²) >= 11 is 1.47. The third-order valence-electron chi connectivity index (χ3n) is 3.24. The molecule has 0 aliphatic heterocycles. The minimum Gasteiger partial charge on any atom is -0.493 e. The molecule has 126 valence electrons. The Balaban J connectivity index is 2.09. The van der Waals surface area contributed by atoms with Crippen LogP contribution in [0.15, 0.2) is 36.4 Å². The van der Waals surface area contributed by atoms with Gasteiger partial charge >= 0.3 is 0 Å². The third kappa shape index (κ3) is 4.70. The molecular weight excluding hydrogens is 326 g/mol. The molecule has 1 aromatic carbocycles. The molecule has 2 rings (SSSR count). The molecular formula is C18H19NO4S. The number of methoxy groups -OCH3 is 1. The maximum Gasteiger partial charge on any atom is 0.257 e. The molecule has 1 N–H and O–H groups in total. The summed E-state index contributed by atoms with van der Waals surface area (Å²) in [5.74, 6) is 0.712. The lowest BCUT2D eigenvalue weighted by atomic mass is 10.1. The van der Waals surface area contributed by atoms with Gasteiger partial charge in [0.25, 0.3) is 5.91 Å². The van der Waals surface area contributed by atoms with E-state index in [1.165, 1.54) is 24.5 Å². The second-order valence-electron chi connectivity index (χ2n) is 4.98. The van der Waals surface area contributed by atoms with Gasteiger partial charge < -0.3 is 14.8 Å². The number of likely N-dealkylation sites (N-methyl/N-ethyl adjacent to an activating group) is 1. The Morgan fingerprint density at radius 3 is 2.62 bits per heavy atom. The molecule has 1 heterocycles. The Kier molecular flexibility index (Phi) is 6.14. The van der Waals surface area contributed by atoms with Crippen molar-refractivity contribution in [3.05, 3.63) is 51.7 Å². The van der Waals surface area contributed by atoms with Gasteiger partial charge in [0, 0.05) is 11.9 Å². The summed E-state index contributed by atoms with van der Waals surface area (Å²) in [6, 6.07) is 9.01. The van der Waals surface area contributed by atoms with Gasteiger partial charge in [-0.2, -0.15) is 0 Å². The molecule has 0 spiro atoms.